The topological polar surface area (TPSA) is 88.9 Å². The van der Waals surface area contributed by atoms with Crippen LogP contribution in [0.1, 0.15) is 0 Å². The molecule has 0 aliphatic carbocycles. The van der Waals surface area contributed by atoms with E-state index in [0.29, 0.717) is 0 Å². The van der Waals surface area contributed by atoms with E-state index in [4.69, 9.17) is 0 Å². The lowest BCUT2D eigenvalue weighted by atomic mass is 10.5. The predicted molar refractivity (Wildman–Crippen MR) is 38.7 cm³/mol. The molecule has 60 valence electrons. The average molecular weight is 165 g/mol. The number of aromatic nitrogens is 3. The monoisotopic (exact) mass is 165 g/mol. The molecule has 6 nitrogen and oxygen atoms in total. The quantitative estimate of drug-likeness (QED) is 0.556. The van der Waals surface area contributed by atoms with Gasteiger partial charge in [0.1, 0.15) is 0 Å². The first-order chi connectivity index (χ1) is 5.77. The van der Waals surface area contributed by atoms with Crippen LogP contribution < -0.4 is 11.4 Å². The smallest absolute Gasteiger partial charge is 0.371 e. The van der Waals surface area contributed by atoms with Crippen molar-refractivity contribution < 1.29 is 4.42 Å². The molecule has 0 radical (unpaired) electrons. The second-order valence-electron chi connectivity index (χ2n) is 2.06. The van der Waals surface area contributed by atoms with Gasteiger partial charge in [0.25, 0.3) is 0 Å². The molecule has 0 amide bonds. The zero-order valence-electron chi connectivity index (χ0n) is 5.77. The van der Waals surface area contributed by atoms with Gasteiger partial charge in [0.2, 0.25) is 0 Å². The Balaban J connectivity index is 3.09. The fourth-order valence-electron chi connectivity index (χ4n) is 0.834. The standard InChI is InChI=1S/C6H3N3O3/c10-5-3-4(8-2-1-7-3)9-6(11)12-5/h1-2H,(H,8,9,11). The molecule has 0 unspecified atom stereocenters. The summed E-state index contributed by atoms with van der Waals surface area (Å²) in [6, 6.07) is 0. The molecule has 12 heavy (non-hydrogen) atoms. The first-order valence-electron chi connectivity index (χ1n) is 3.11. The molecule has 2 aromatic rings. The first-order valence-corrected chi connectivity index (χ1v) is 3.11. The van der Waals surface area contributed by atoms with Crippen LogP contribution in [-0.4, -0.2) is 15.0 Å². The van der Waals surface area contributed by atoms with Crippen LogP contribution in [0.2, 0.25) is 0 Å². The molecular weight excluding hydrogens is 162 g/mol. The number of aromatic amines is 1. The SMILES string of the molecule is O=c1[nH]c2nccnc2c(=O)o1. The summed E-state index contributed by atoms with van der Waals surface area (Å²) in [6.07, 6.45) is 2.72. The number of nitrogens with one attached hydrogen (secondary N) is 1. The Kier molecular flexibility index (Phi) is 1.26. The van der Waals surface area contributed by atoms with E-state index in [0.717, 1.165) is 0 Å². The van der Waals surface area contributed by atoms with Crippen molar-refractivity contribution in [2.45, 2.75) is 0 Å². The molecule has 0 aromatic carbocycles. The lowest BCUT2D eigenvalue weighted by Crippen LogP contribution is -2.15. The molecule has 2 aromatic heterocycles. The molecule has 2 heterocycles. The number of fused-ring (bicyclic) bond motifs is 1. The lowest BCUT2D eigenvalue weighted by molar-refractivity contribution is 0.457. The van der Waals surface area contributed by atoms with Crippen LogP contribution >= 0.6 is 0 Å². The van der Waals surface area contributed by atoms with E-state index >= 15 is 0 Å². The van der Waals surface area contributed by atoms with Crippen molar-refractivity contribution in [1.82, 2.24) is 15.0 Å². The van der Waals surface area contributed by atoms with E-state index in [1.54, 1.807) is 0 Å². The van der Waals surface area contributed by atoms with Crippen LogP contribution in [0.3, 0.4) is 0 Å². The van der Waals surface area contributed by atoms with Gasteiger partial charge in [-0.3, -0.25) is 4.98 Å². The highest BCUT2D eigenvalue weighted by molar-refractivity contribution is 5.65. The van der Waals surface area contributed by atoms with Crippen LogP contribution in [0.25, 0.3) is 11.2 Å². The van der Waals surface area contributed by atoms with Crippen molar-refractivity contribution in [3.8, 4) is 0 Å². The van der Waals surface area contributed by atoms with Gasteiger partial charge in [-0.1, -0.05) is 0 Å². The molecule has 0 atom stereocenters. The van der Waals surface area contributed by atoms with Crippen molar-refractivity contribution >= 4 is 11.2 Å². The molecule has 0 fully saturated rings. The largest absolute Gasteiger partial charge is 0.420 e. The summed E-state index contributed by atoms with van der Waals surface area (Å²) in [7, 11) is 0. The summed E-state index contributed by atoms with van der Waals surface area (Å²) in [6.45, 7) is 0. The Bertz CT molecular complexity index is 527. The van der Waals surface area contributed by atoms with Crippen LogP contribution in [0.5, 0.6) is 0 Å². The zero-order valence-corrected chi connectivity index (χ0v) is 5.77. The Morgan fingerprint density at radius 1 is 1.25 bits per heavy atom. The molecular formula is C6H3N3O3. The van der Waals surface area contributed by atoms with Crippen molar-refractivity contribution in [3.63, 3.8) is 0 Å². The molecule has 1 N–H and O–H groups in total. The van der Waals surface area contributed by atoms with E-state index in [1.165, 1.54) is 12.4 Å². The van der Waals surface area contributed by atoms with Crippen molar-refractivity contribution in [2.75, 3.05) is 0 Å². The normalized spacial score (nSPS) is 10.3. The van der Waals surface area contributed by atoms with Crippen LogP contribution in [0, 0.1) is 0 Å². The van der Waals surface area contributed by atoms with Gasteiger partial charge < -0.3 is 4.42 Å². The molecule has 6 heteroatoms. The molecule has 0 saturated carbocycles. The maximum Gasteiger partial charge on any atom is 0.420 e. The Morgan fingerprint density at radius 3 is 2.83 bits per heavy atom. The van der Waals surface area contributed by atoms with Gasteiger partial charge in [-0.05, 0) is 0 Å². The molecule has 0 bridgehead atoms. The second-order valence-corrected chi connectivity index (χ2v) is 2.06. The van der Waals surface area contributed by atoms with E-state index < -0.39 is 11.4 Å². The number of hydrogen-bond acceptors (Lipinski definition) is 5. The summed E-state index contributed by atoms with van der Waals surface area (Å²) in [5, 5.41) is 0. The minimum atomic E-state index is -0.826. The Hall–Kier alpha value is -1.98. The third-order valence-electron chi connectivity index (χ3n) is 1.30. The van der Waals surface area contributed by atoms with E-state index in [-0.39, 0.29) is 11.2 Å². The van der Waals surface area contributed by atoms with Gasteiger partial charge in [-0.25, -0.2) is 19.6 Å². The number of nitrogens with zero attached hydrogens (tertiary/aromatic N) is 2. The Morgan fingerprint density at radius 2 is 2.00 bits per heavy atom. The second kappa shape index (κ2) is 2.26. The summed E-state index contributed by atoms with van der Waals surface area (Å²) in [4.78, 5) is 31.2. The van der Waals surface area contributed by atoms with Crippen LogP contribution in [0.15, 0.2) is 26.4 Å². The maximum atomic E-state index is 10.9. The summed E-state index contributed by atoms with van der Waals surface area (Å²) in [5.41, 5.74) is -0.613. The zero-order chi connectivity index (χ0) is 8.55. The molecule has 0 aliphatic rings. The van der Waals surface area contributed by atoms with E-state index in [9.17, 15) is 9.59 Å². The van der Waals surface area contributed by atoms with Gasteiger partial charge in [0.15, 0.2) is 11.2 Å². The number of H-pyrrole nitrogens is 1. The van der Waals surface area contributed by atoms with Crippen LogP contribution in [0.4, 0.5) is 0 Å². The van der Waals surface area contributed by atoms with Gasteiger partial charge in [-0.2, -0.15) is 0 Å². The molecule has 0 aliphatic heterocycles. The highest BCUT2D eigenvalue weighted by Crippen LogP contribution is 1.92. The van der Waals surface area contributed by atoms with Gasteiger partial charge in [0.05, 0.1) is 0 Å². The number of hydrogen-bond donors (Lipinski definition) is 1. The third kappa shape index (κ3) is 0.895. The third-order valence-corrected chi connectivity index (χ3v) is 1.30. The first kappa shape index (κ1) is 6.71. The highest BCUT2D eigenvalue weighted by Gasteiger charge is 2.02. The lowest BCUT2D eigenvalue weighted by Gasteiger charge is -1.89. The maximum absolute atomic E-state index is 10.9. The van der Waals surface area contributed by atoms with Crippen LogP contribution in [-0.2, 0) is 0 Å². The van der Waals surface area contributed by atoms with E-state index in [1.807, 2.05) is 0 Å². The van der Waals surface area contributed by atoms with Gasteiger partial charge >= 0.3 is 11.4 Å². The van der Waals surface area contributed by atoms with Gasteiger partial charge in [0, 0.05) is 12.4 Å². The van der Waals surface area contributed by atoms with E-state index in [2.05, 4.69) is 19.4 Å². The minimum Gasteiger partial charge on any atom is -0.371 e. The summed E-state index contributed by atoms with van der Waals surface area (Å²) < 4.78 is 4.22. The highest BCUT2D eigenvalue weighted by atomic mass is 16.4. The number of rotatable bonds is 0. The molecule has 0 spiro atoms. The average Bonchev–Trinajstić information content (AvgIpc) is 2.04. The minimum absolute atomic E-state index is 0.0251. The fourth-order valence-corrected chi connectivity index (χ4v) is 0.834. The molecule has 2 rings (SSSR count). The predicted octanol–water partition coefficient (Wildman–Crippen LogP) is -0.729. The molecule has 0 saturated heterocycles. The van der Waals surface area contributed by atoms with Crippen molar-refractivity contribution in [2.24, 2.45) is 0 Å². The summed E-state index contributed by atoms with van der Waals surface area (Å²) >= 11 is 0. The van der Waals surface area contributed by atoms with Crippen molar-refractivity contribution in [1.29, 1.82) is 0 Å². The van der Waals surface area contributed by atoms with Crippen molar-refractivity contribution in [3.05, 3.63) is 33.4 Å². The van der Waals surface area contributed by atoms with Gasteiger partial charge in [-0.15, -0.1) is 0 Å². The summed E-state index contributed by atoms with van der Waals surface area (Å²) in [5.74, 6) is -0.826. The fraction of sp³-hybridized carbons (Fsp3) is 0. The Labute approximate surface area is 64.9 Å².